The first-order chi connectivity index (χ1) is 8.09. The van der Waals surface area contributed by atoms with E-state index in [0.717, 1.165) is 18.5 Å². The van der Waals surface area contributed by atoms with Crippen molar-refractivity contribution in [3.8, 4) is 0 Å². The zero-order valence-corrected chi connectivity index (χ0v) is 10.0. The fraction of sp³-hybridized carbons (Fsp3) is 0.500. The highest BCUT2D eigenvalue weighted by atomic mass is 16.1. The highest BCUT2D eigenvalue weighted by Crippen LogP contribution is 2.34. The first-order valence-corrected chi connectivity index (χ1v) is 5.80. The lowest BCUT2D eigenvalue weighted by molar-refractivity contribution is -0.404. The second kappa shape index (κ2) is 4.61. The third kappa shape index (κ3) is 2.33. The molecule has 2 N–H and O–H groups in total. The topological polar surface area (TPSA) is 71.9 Å². The summed E-state index contributed by atoms with van der Waals surface area (Å²) in [6, 6.07) is 0. The van der Waals surface area contributed by atoms with Crippen LogP contribution in [0.3, 0.4) is 0 Å². The molecule has 1 saturated carbocycles. The maximum Gasteiger partial charge on any atom is 0.432 e. The lowest BCUT2D eigenvalue weighted by Gasteiger charge is -2.08. The van der Waals surface area contributed by atoms with Gasteiger partial charge in [-0.05, 0) is 12.8 Å². The van der Waals surface area contributed by atoms with Crippen LogP contribution in [0.5, 0.6) is 0 Å². The van der Waals surface area contributed by atoms with Crippen LogP contribution >= 0.6 is 0 Å². The van der Waals surface area contributed by atoms with Gasteiger partial charge in [0, 0.05) is 12.6 Å². The monoisotopic (exact) mass is 233 g/mol. The first-order valence-electron chi connectivity index (χ1n) is 5.80. The molecule has 90 valence electrons. The number of amides is 1. The molecule has 0 atom stereocenters. The molecule has 1 aliphatic carbocycles. The molecule has 17 heavy (non-hydrogen) atoms. The van der Waals surface area contributed by atoms with Crippen molar-refractivity contribution in [2.75, 3.05) is 7.05 Å². The fourth-order valence-electron chi connectivity index (χ4n) is 2.27. The molecular formula is C12H17N4O+. The lowest BCUT2D eigenvalue weighted by atomic mass is 9.99. The normalized spacial score (nSPS) is 16.1. The second-order valence-electron chi connectivity index (χ2n) is 4.51. The quantitative estimate of drug-likeness (QED) is 0.630. The van der Waals surface area contributed by atoms with Crippen molar-refractivity contribution in [2.24, 2.45) is 5.73 Å². The Morgan fingerprint density at radius 2 is 2.18 bits per heavy atom. The molecule has 5 heteroatoms. The molecule has 1 amide bonds. The van der Waals surface area contributed by atoms with E-state index in [4.69, 9.17) is 5.73 Å². The largest absolute Gasteiger partial charge is 0.432 e. The Morgan fingerprint density at radius 3 is 2.71 bits per heavy atom. The molecule has 1 aromatic heterocycles. The maximum atomic E-state index is 11.4. The summed E-state index contributed by atoms with van der Waals surface area (Å²) in [6.07, 6.45) is 6.01. The summed E-state index contributed by atoms with van der Waals surface area (Å²) < 4.78 is 1.59. The summed E-state index contributed by atoms with van der Waals surface area (Å²) in [5.74, 6) is 0.404. The SMILES string of the molecule is C=[N+](C)c1ncc(C(N)=O)c(C2CCCC2)n1. The maximum absolute atomic E-state index is 11.4. The fourth-order valence-corrected chi connectivity index (χ4v) is 2.27. The van der Waals surface area contributed by atoms with E-state index in [0.29, 0.717) is 17.4 Å². The van der Waals surface area contributed by atoms with Crippen LogP contribution in [-0.4, -0.2) is 34.2 Å². The Bertz CT molecular complexity index is 464. The summed E-state index contributed by atoms with van der Waals surface area (Å²) in [6.45, 7) is 3.74. The van der Waals surface area contributed by atoms with Gasteiger partial charge in [-0.15, -0.1) is 0 Å². The lowest BCUT2D eigenvalue weighted by Crippen LogP contribution is -2.18. The minimum Gasteiger partial charge on any atom is -0.365 e. The van der Waals surface area contributed by atoms with Gasteiger partial charge in [0.2, 0.25) is 0 Å². The van der Waals surface area contributed by atoms with Gasteiger partial charge < -0.3 is 5.73 Å². The van der Waals surface area contributed by atoms with Crippen molar-refractivity contribution in [3.05, 3.63) is 17.5 Å². The van der Waals surface area contributed by atoms with Crippen LogP contribution in [0.1, 0.15) is 47.7 Å². The van der Waals surface area contributed by atoms with E-state index < -0.39 is 5.91 Å². The molecule has 0 unspecified atom stereocenters. The second-order valence-corrected chi connectivity index (χ2v) is 4.51. The van der Waals surface area contributed by atoms with E-state index in [9.17, 15) is 4.79 Å². The standard InChI is InChI=1S/C12H16N4O/c1-16(2)12-14-7-9(11(13)17)10(15-12)8-5-3-4-6-8/h7-8H,1,3-6H2,2H3,(H-,13,17)/p+1. The minimum absolute atomic E-state index is 0.333. The summed E-state index contributed by atoms with van der Waals surface area (Å²) in [4.78, 5) is 19.9. The summed E-state index contributed by atoms with van der Waals surface area (Å²) in [5.41, 5.74) is 6.59. The molecule has 0 radical (unpaired) electrons. The Hall–Kier alpha value is -1.78. The van der Waals surface area contributed by atoms with Crippen LogP contribution < -0.4 is 5.73 Å². The Kier molecular flexibility index (Phi) is 3.17. The van der Waals surface area contributed by atoms with Crippen LogP contribution in [0.4, 0.5) is 5.95 Å². The van der Waals surface area contributed by atoms with Crippen molar-refractivity contribution in [1.29, 1.82) is 0 Å². The molecule has 0 saturated heterocycles. The molecule has 0 aromatic carbocycles. The van der Waals surface area contributed by atoms with E-state index in [1.807, 2.05) is 0 Å². The highest BCUT2D eigenvalue weighted by Gasteiger charge is 2.28. The van der Waals surface area contributed by atoms with Crippen molar-refractivity contribution >= 4 is 18.6 Å². The molecule has 1 fully saturated rings. The van der Waals surface area contributed by atoms with Gasteiger partial charge in [-0.25, -0.2) is 4.58 Å². The molecule has 1 aromatic rings. The van der Waals surface area contributed by atoms with E-state index in [2.05, 4.69) is 16.7 Å². The molecule has 0 spiro atoms. The number of rotatable bonds is 3. The number of carbonyl (C=O) groups excluding carboxylic acids is 1. The Balaban J connectivity index is 2.46. The number of carbonyl (C=O) groups is 1. The Labute approximate surface area is 100 Å². The smallest absolute Gasteiger partial charge is 0.365 e. The van der Waals surface area contributed by atoms with Gasteiger partial charge in [0.25, 0.3) is 5.91 Å². The van der Waals surface area contributed by atoms with Gasteiger partial charge in [-0.1, -0.05) is 22.8 Å². The average molecular weight is 233 g/mol. The molecule has 1 aliphatic rings. The van der Waals surface area contributed by atoms with E-state index in [1.54, 1.807) is 11.6 Å². The highest BCUT2D eigenvalue weighted by molar-refractivity contribution is 5.93. The van der Waals surface area contributed by atoms with Gasteiger partial charge in [0.05, 0.1) is 7.05 Å². The third-order valence-corrected chi connectivity index (χ3v) is 3.15. The number of primary amides is 1. The number of nitrogens with two attached hydrogens (primary N) is 1. The third-order valence-electron chi connectivity index (χ3n) is 3.15. The predicted octanol–water partition coefficient (Wildman–Crippen LogP) is 1.21. The first kappa shape index (κ1) is 11.7. The van der Waals surface area contributed by atoms with Crippen molar-refractivity contribution < 1.29 is 9.37 Å². The summed E-state index contributed by atoms with van der Waals surface area (Å²) in [7, 11) is 1.78. The predicted molar refractivity (Wildman–Crippen MR) is 64.7 cm³/mol. The Morgan fingerprint density at radius 1 is 1.53 bits per heavy atom. The number of hydrogen-bond acceptors (Lipinski definition) is 3. The van der Waals surface area contributed by atoms with E-state index in [-0.39, 0.29) is 0 Å². The van der Waals surface area contributed by atoms with E-state index in [1.165, 1.54) is 19.0 Å². The van der Waals surface area contributed by atoms with Crippen molar-refractivity contribution in [1.82, 2.24) is 9.97 Å². The summed E-state index contributed by atoms with van der Waals surface area (Å²) >= 11 is 0. The van der Waals surface area contributed by atoms with Crippen LogP contribution in [-0.2, 0) is 0 Å². The zero-order chi connectivity index (χ0) is 12.4. The van der Waals surface area contributed by atoms with Crippen LogP contribution in [0.15, 0.2) is 6.20 Å². The molecular weight excluding hydrogens is 216 g/mol. The average Bonchev–Trinajstić information content (AvgIpc) is 2.81. The number of hydrogen-bond donors (Lipinski definition) is 1. The zero-order valence-electron chi connectivity index (χ0n) is 10.0. The molecule has 1 heterocycles. The number of nitrogens with zero attached hydrogens (tertiary/aromatic N) is 3. The van der Waals surface area contributed by atoms with Gasteiger partial charge in [0.1, 0.15) is 17.5 Å². The van der Waals surface area contributed by atoms with Crippen LogP contribution in [0.25, 0.3) is 0 Å². The van der Waals surface area contributed by atoms with Gasteiger partial charge in [0.15, 0.2) is 0 Å². The van der Waals surface area contributed by atoms with Gasteiger partial charge in [-0.2, -0.15) is 0 Å². The van der Waals surface area contributed by atoms with Crippen LogP contribution in [0.2, 0.25) is 0 Å². The van der Waals surface area contributed by atoms with Crippen LogP contribution in [0, 0.1) is 0 Å². The van der Waals surface area contributed by atoms with Crippen molar-refractivity contribution in [3.63, 3.8) is 0 Å². The molecule has 2 rings (SSSR count). The molecule has 5 nitrogen and oxygen atoms in total. The van der Waals surface area contributed by atoms with Crippen molar-refractivity contribution in [2.45, 2.75) is 31.6 Å². The van der Waals surface area contributed by atoms with E-state index >= 15 is 0 Å². The van der Waals surface area contributed by atoms with Gasteiger partial charge >= 0.3 is 5.95 Å². The molecule has 0 aliphatic heterocycles. The molecule has 0 bridgehead atoms. The minimum atomic E-state index is -0.454. The number of aromatic nitrogens is 2. The summed E-state index contributed by atoms with van der Waals surface area (Å²) in [5, 5.41) is 0. The van der Waals surface area contributed by atoms with Gasteiger partial charge in [-0.3, -0.25) is 4.79 Å².